The number of hydrogen-bond acceptors (Lipinski definition) is 3. The molecule has 2 aliphatic rings. The van der Waals surface area contributed by atoms with E-state index < -0.39 is 17.6 Å². The molecular weight excluding hydrogens is 296 g/mol. The number of carbonyl (C=O) groups is 3. The third-order valence-electron chi connectivity index (χ3n) is 4.88. The lowest BCUT2D eigenvalue weighted by molar-refractivity contribution is -0.153. The molecule has 2 aliphatic heterocycles. The van der Waals surface area contributed by atoms with E-state index in [2.05, 4.69) is 6.58 Å². The van der Waals surface area contributed by atoms with Crippen molar-refractivity contribution in [2.45, 2.75) is 58.0 Å². The van der Waals surface area contributed by atoms with Crippen molar-refractivity contribution in [3.05, 3.63) is 12.2 Å². The quantitative estimate of drug-likeness (QED) is 0.781. The van der Waals surface area contributed by atoms with Crippen molar-refractivity contribution >= 4 is 17.8 Å². The van der Waals surface area contributed by atoms with Crippen LogP contribution in [0.5, 0.6) is 0 Å². The number of carboxylic acids is 1. The number of carbonyl (C=O) groups excluding carboxylic acids is 2. The highest BCUT2D eigenvalue weighted by Gasteiger charge is 2.56. The minimum absolute atomic E-state index is 0.178. The highest BCUT2D eigenvalue weighted by atomic mass is 16.4. The number of carboxylic acid groups (broad SMARTS) is 1. The van der Waals surface area contributed by atoms with Gasteiger partial charge in [0.25, 0.3) is 0 Å². The van der Waals surface area contributed by atoms with Crippen LogP contribution in [0.1, 0.15) is 46.5 Å². The lowest BCUT2D eigenvalue weighted by atomic mass is 9.93. The molecule has 128 valence electrons. The zero-order chi connectivity index (χ0) is 17.4. The molecule has 6 nitrogen and oxygen atoms in total. The Balaban J connectivity index is 2.27. The molecule has 2 heterocycles. The van der Waals surface area contributed by atoms with E-state index >= 15 is 0 Å². The lowest BCUT2D eigenvalue weighted by Gasteiger charge is -2.34. The van der Waals surface area contributed by atoms with Crippen LogP contribution in [-0.4, -0.2) is 57.4 Å². The fourth-order valence-corrected chi connectivity index (χ4v) is 3.77. The van der Waals surface area contributed by atoms with Crippen LogP contribution in [-0.2, 0) is 14.4 Å². The first-order chi connectivity index (χ1) is 10.7. The normalized spacial score (nSPS) is 25.5. The molecular formula is C17H26N2O4. The summed E-state index contributed by atoms with van der Waals surface area (Å²) in [5, 5.41) is 9.51. The predicted octanol–water partition coefficient (Wildman–Crippen LogP) is 1.66. The summed E-state index contributed by atoms with van der Waals surface area (Å²) in [7, 11) is 0. The Morgan fingerprint density at radius 3 is 2.48 bits per heavy atom. The molecule has 2 atom stereocenters. The van der Waals surface area contributed by atoms with Gasteiger partial charge in [0.05, 0.1) is 0 Å². The van der Waals surface area contributed by atoms with Crippen molar-refractivity contribution in [3.63, 3.8) is 0 Å². The molecule has 0 saturated carbocycles. The van der Waals surface area contributed by atoms with Gasteiger partial charge in [-0.25, -0.2) is 4.79 Å². The summed E-state index contributed by atoms with van der Waals surface area (Å²) in [6.45, 7) is 10.1. The molecule has 6 heteroatoms. The summed E-state index contributed by atoms with van der Waals surface area (Å²) in [5.74, 6) is -1.21. The molecule has 0 aromatic rings. The second-order valence-corrected chi connectivity index (χ2v) is 7.10. The van der Waals surface area contributed by atoms with Crippen LogP contribution in [0.3, 0.4) is 0 Å². The van der Waals surface area contributed by atoms with Gasteiger partial charge in [0.15, 0.2) is 0 Å². The average Bonchev–Trinajstić information content (AvgIpc) is 3.02. The van der Waals surface area contributed by atoms with E-state index in [0.717, 1.165) is 6.42 Å². The Labute approximate surface area is 137 Å². The number of hydrogen-bond donors (Lipinski definition) is 1. The number of aliphatic carboxylic acids is 1. The van der Waals surface area contributed by atoms with Gasteiger partial charge in [0, 0.05) is 18.7 Å². The molecule has 2 fully saturated rings. The molecule has 1 N–H and O–H groups in total. The van der Waals surface area contributed by atoms with Gasteiger partial charge in [-0.2, -0.15) is 0 Å². The van der Waals surface area contributed by atoms with E-state index in [4.69, 9.17) is 0 Å². The average molecular weight is 322 g/mol. The summed E-state index contributed by atoms with van der Waals surface area (Å²) in [5.41, 5.74) is -0.449. The molecule has 2 rings (SSSR count). The van der Waals surface area contributed by atoms with Crippen molar-refractivity contribution < 1.29 is 19.5 Å². The summed E-state index contributed by atoms with van der Waals surface area (Å²) in [6, 6.07) is -0.816. The Kier molecular flexibility index (Phi) is 4.82. The van der Waals surface area contributed by atoms with Crippen LogP contribution in [0.15, 0.2) is 12.2 Å². The third kappa shape index (κ3) is 2.99. The summed E-state index contributed by atoms with van der Waals surface area (Å²) in [6.07, 6.45) is 2.30. The maximum absolute atomic E-state index is 13.0. The van der Waals surface area contributed by atoms with E-state index in [1.165, 1.54) is 4.90 Å². The highest BCUT2D eigenvalue weighted by molar-refractivity contribution is 6.00. The standard InChI is InChI=1S/C17H26N2O4/c1-11(2)10-13(15(21)22)18-9-7-17(16(18)23)6-5-8-19(17)14(20)12(3)4/h11,13H,3,5-10H2,1-2,4H3,(H,21,22)/t13-,17+/m0/s1. The van der Waals surface area contributed by atoms with Crippen molar-refractivity contribution in [2.75, 3.05) is 13.1 Å². The van der Waals surface area contributed by atoms with Crippen LogP contribution in [0, 0.1) is 5.92 Å². The van der Waals surface area contributed by atoms with Gasteiger partial charge < -0.3 is 14.9 Å². The molecule has 2 saturated heterocycles. The van der Waals surface area contributed by atoms with Gasteiger partial charge in [0.1, 0.15) is 11.6 Å². The highest BCUT2D eigenvalue weighted by Crippen LogP contribution is 2.40. The van der Waals surface area contributed by atoms with Gasteiger partial charge in [-0.15, -0.1) is 0 Å². The fraction of sp³-hybridized carbons (Fsp3) is 0.706. The van der Waals surface area contributed by atoms with Crippen LogP contribution in [0.2, 0.25) is 0 Å². The Bertz CT molecular complexity index is 543. The topological polar surface area (TPSA) is 77.9 Å². The van der Waals surface area contributed by atoms with E-state index in [1.807, 2.05) is 13.8 Å². The van der Waals surface area contributed by atoms with Crippen LogP contribution < -0.4 is 0 Å². The number of likely N-dealkylation sites (tertiary alicyclic amines) is 2. The van der Waals surface area contributed by atoms with E-state index in [9.17, 15) is 19.5 Å². The Morgan fingerprint density at radius 1 is 1.30 bits per heavy atom. The molecule has 0 aliphatic carbocycles. The zero-order valence-electron chi connectivity index (χ0n) is 14.2. The van der Waals surface area contributed by atoms with Crippen molar-refractivity contribution in [1.82, 2.24) is 9.80 Å². The number of nitrogens with zero attached hydrogens (tertiary/aromatic N) is 2. The smallest absolute Gasteiger partial charge is 0.326 e. The second kappa shape index (κ2) is 6.34. The summed E-state index contributed by atoms with van der Waals surface area (Å²) < 4.78 is 0. The SMILES string of the molecule is C=C(C)C(=O)N1CCC[C@]12CCN([C@@H](CC(C)C)C(=O)O)C2=O. The van der Waals surface area contributed by atoms with Crippen molar-refractivity contribution in [2.24, 2.45) is 5.92 Å². The molecule has 1 spiro atoms. The van der Waals surface area contributed by atoms with Crippen LogP contribution >= 0.6 is 0 Å². The summed E-state index contributed by atoms with van der Waals surface area (Å²) in [4.78, 5) is 40.1. The molecule has 0 aromatic heterocycles. The van der Waals surface area contributed by atoms with Gasteiger partial charge in [-0.3, -0.25) is 9.59 Å². The lowest BCUT2D eigenvalue weighted by Crippen LogP contribution is -2.55. The number of rotatable bonds is 5. The minimum atomic E-state index is -0.972. The maximum Gasteiger partial charge on any atom is 0.326 e. The molecule has 2 amide bonds. The Morgan fingerprint density at radius 2 is 1.96 bits per heavy atom. The minimum Gasteiger partial charge on any atom is -0.480 e. The van der Waals surface area contributed by atoms with Crippen molar-refractivity contribution in [3.8, 4) is 0 Å². The van der Waals surface area contributed by atoms with Crippen LogP contribution in [0.4, 0.5) is 0 Å². The monoisotopic (exact) mass is 322 g/mol. The summed E-state index contributed by atoms with van der Waals surface area (Å²) >= 11 is 0. The molecule has 0 radical (unpaired) electrons. The first-order valence-electron chi connectivity index (χ1n) is 8.22. The maximum atomic E-state index is 13.0. The predicted molar refractivity (Wildman–Crippen MR) is 85.7 cm³/mol. The molecule has 0 unspecified atom stereocenters. The van der Waals surface area contributed by atoms with E-state index in [-0.39, 0.29) is 17.7 Å². The molecule has 0 bridgehead atoms. The van der Waals surface area contributed by atoms with Crippen LogP contribution in [0.25, 0.3) is 0 Å². The van der Waals surface area contributed by atoms with Crippen molar-refractivity contribution in [1.29, 1.82) is 0 Å². The Hall–Kier alpha value is -1.85. The van der Waals surface area contributed by atoms with Gasteiger partial charge in [0.2, 0.25) is 11.8 Å². The van der Waals surface area contributed by atoms with Gasteiger partial charge >= 0.3 is 5.97 Å². The second-order valence-electron chi connectivity index (χ2n) is 7.10. The van der Waals surface area contributed by atoms with Gasteiger partial charge in [-0.05, 0) is 38.5 Å². The largest absolute Gasteiger partial charge is 0.480 e. The first-order valence-corrected chi connectivity index (χ1v) is 8.22. The molecule has 0 aromatic carbocycles. The first kappa shape index (κ1) is 17.5. The number of amides is 2. The molecule has 23 heavy (non-hydrogen) atoms. The van der Waals surface area contributed by atoms with E-state index in [1.54, 1.807) is 11.8 Å². The van der Waals surface area contributed by atoms with Gasteiger partial charge in [-0.1, -0.05) is 20.4 Å². The third-order valence-corrected chi connectivity index (χ3v) is 4.88. The van der Waals surface area contributed by atoms with E-state index in [0.29, 0.717) is 37.9 Å². The zero-order valence-corrected chi connectivity index (χ0v) is 14.2. The fourth-order valence-electron chi connectivity index (χ4n) is 3.77.